The lowest BCUT2D eigenvalue weighted by Crippen LogP contribution is -2.25. The first-order chi connectivity index (χ1) is 7.95. The van der Waals surface area contributed by atoms with Crippen molar-refractivity contribution in [3.63, 3.8) is 0 Å². The van der Waals surface area contributed by atoms with Crippen molar-refractivity contribution < 1.29 is 13.2 Å². The molecule has 0 heterocycles. The first-order valence-electron chi connectivity index (χ1n) is 5.23. The molecule has 1 atom stereocenters. The zero-order valence-electron chi connectivity index (χ0n) is 9.60. The first kappa shape index (κ1) is 13.5. The van der Waals surface area contributed by atoms with E-state index in [0.717, 1.165) is 0 Å². The van der Waals surface area contributed by atoms with Crippen molar-refractivity contribution in [1.82, 2.24) is 5.32 Å². The fraction of sp³-hybridized carbons (Fsp3) is 0.417. The van der Waals surface area contributed by atoms with Crippen LogP contribution in [0.1, 0.15) is 25.5 Å². The smallest absolute Gasteiger partial charge is 0.161 e. The van der Waals surface area contributed by atoms with E-state index in [-0.39, 0.29) is 11.5 Å². The van der Waals surface area contributed by atoms with Crippen molar-refractivity contribution in [2.24, 2.45) is 5.92 Å². The van der Waals surface area contributed by atoms with E-state index in [1.54, 1.807) is 0 Å². The van der Waals surface area contributed by atoms with E-state index in [4.69, 9.17) is 5.26 Å². The second kappa shape index (κ2) is 5.69. The van der Waals surface area contributed by atoms with Crippen LogP contribution in [0.15, 0.2) is 12.1 Å². The molecule has 1 rings (SSSR count). The Kier molecular flexibility index (Phi) is 4.53. The maximum Gasteiger partial charge on any atom is 0.161 e. The molecule has 0 fully saturated rings. The summed E-state index contributed by atoms with van der Waals surface area (Å²) in [6.07, 6.45) is 0. The highest BCUT2D eigenvalue weighted by molar-refractivity contribution is 5.27. The number of rotatable bonds is 4. The standard InChI is InChI=1S/C12H13F3N2/c1-7(2)6-17-12(5-16)8-3-10(14)11(15)4-9(8)13/h3-4,7,12,17H,6H2,1-2H3. The lowest BCUT2D eigenvalue weighted by molar-refractivity contribution is 0.473. The number of nitrogens with one attached hydrogen (secondary N) is 1. The van der Waals surface area contributed by atoms with Crippen LogP contribution in [-0.4, -0.2) is 6.54 Å². The normalized spacial score (nSPS) is 12.5. The number of benzene rings is 1. The quantitative estimate of drug-likeness (QED) is 0.824. The van der Waals surface area contributed by atoms with Gasteiger partial charge in [-0.15, -0.1) is 0 Å². The number of halogens is 3. The first-order valence-corrected chi connectivity index (χ1v) is 5.23. The topological polar surface area (TPSA) is 35.8 Å². The SMILES string of the molecule is CC(C)CNC(C#N)c1cc(F)c(F)cc1F. The van der Waals surface area contributed by atoms with Gasteiger partial charge < -0.3 is 0 Å². The third-order valence-corrected chi connectivity index (χ3v) is 2.21. The predicted octanol–water partition coefficient (Wildman–Crippen LogP) is 2.91. The van der Waals surface area contributed by atoms with E-state index in [0.29, 0.717) is 18.7 Å². The minimum atomic E-state index is -1.26. The van der Waals surface area contributed by atoms with Gasteiger partial charge in [-0.2, -0.15) is 5.26 Å². The van der Waals surface area contributed by atoms with Gasteiger partial charge in [0.05, 0.1) is 6.07 Å². The van der Waals surface area contributed by atoms with Gasteiger partial charge in [-0.25, -0.2) is 13.2 Å². The summed E-state index contributed by atoms with van der Waals surface area (Å²) in [6, 6.07) is 2.01. The van der Waals surface area contributed by atoms with Crippen LogP contribution in [0.4, 0.5) is 13.2 Å². The van der Waals surface area contributed by atoms with Crippen molar-refractivity contribution in [2.45, 2.75) is 19.9 Å². The zero-order valence-corrected chi connectivity index (χ0v) is 9.60. The van der Waals surface area contributed by atoms with Crippen molar-refractivity contribution in [3.05, 3.63) is 35.1 Å². The molecule has 0 aromatic heterocycles. The fourth-order valence-corrected chi connectivity index (χ4v) is 1.34. The maximum atomic E-state index is 13.4. The van der Waals surface area contributed by atoms with Crippen molar-refractivity contribution in [3.8, 4) is 6.07 Å². The highest BCUT2D eigenvalue weighted by Gasteiger charge is 2.18. The highest BCUT2D eigenvalue weighted by atomic mass is 19.2. The Balaban J connectivity index is 2.97. The monoisotopic (exact) mass is 242 g/mol. The highest BCUT2D eigenvalue weighted by Crippen LogP contribution is 2.20. The Labute approximate surface area is 98.1 Å². The molecule has 0 aliphatic carbocycles. The van der Waals surface area contributed by atoms with Gasteiger partial charge in [0.25, 0.3) is 0 Å². The number of hydrogen-bond donors (Lipinski definition) is 1. The molecule has 1 aromatic rings. The second-order valence-electron chi connectivity index (χ2n) is 4.15. The lowest BCUT2D eigenvalue weighted by Gasteiger charge is -2.14. The van der Waals surface area contributed by atoms with E-state index in [1.807, 2.05) is 19.9 Å². The van der Waals surface area contributed by atoms with Crippen LogP contribution in [0.5, 0.6) is 0 Å². The van der Waals surface area contributed by atoms with Gasteiger partial charge in [-0.1, -0.05) is 13.8 Å². The molecule has 92 valence electrons. The fourth-order valence-electron chi connectivity index (χ4n) is 1.34. The van der Waals surface area contributed by atoms with E-state index >= 15 is 0 Å². The van der Waals surface area contributed by atoms with Crippen molar-refractivity contribution in [2.75, 3.05) is 6.54 Å². The molecule has 17 heavy (non-hydrogen) atoms. The Morgan fingerprint density at radius 2 is 1.76 bits per heavy atom. The van der Waals surface area contributed by atoms with Gasteiger partial charge in [0.15, 0.2) is 11.6 Å². The molecular weight excluding hydrogens is 229 g/mol. The van der Waals surface area contributed by atoms with Crippen LogP contribution in [0.25, 0.3) is 0 Å². The molecule has 0 spiro atoms. The molecule has 2 nitrogen and oxygen atoms in total. The molecule has 0 bridgehead atoms. The third-order valence-electron chi connectivity index (χ3n) is 2.21. The summed E-state index contributed by atoms with van der Waals surface area (Å²) >= 11 is 0. The average Bonchev–Trinajstić information content (AvgIpc) is 2.25. The summed E-state index contributed by atoms with van der Waals surface area (Å²) in [7, 11) is 0. The van der Waals surface area contributed by atoms with Gasteiger partial charge in [-0.05, 0) is 18.5 Å². The molecule has 1 aromatic carbocycles. The van der Waals surface area contributed by atoms with Gasteiger partial charge in [0.2, 0.25) is 0 Å². The maximum absolute atomic E-state index is 13.4. The molecule has 0 saturated heterocycles. The predicted molar refractivity (Wildman–Crippen MR) is 57.5 cm³/mol. The van der Waals surface area contributed by atoms with E-state index < -0.39 is 23.5 Å². The van der Waals surface area contributed by atoms with Crippen LogP contribution < -0.4 is 5.32 Å². The minimum absolute atomic E-state index is 0.174. The van der Waals surface area contributed by atoms with Crippen LogP contribution in [0.2, 0.25) is 0 Å². The van der Waals surface area contributed by atoms with Crippen LogP contribution >= 0.6 is 0 Å². The largest absolute Gasteiger partial charge is 0.298 e. The summed E-state index contributed by atoms with van der Waals surface area (Å²) in [5.74, 6) is -3.08. The van der Waals surface area contributed by atoms with Gasteiger partial charge in [-0.3, -0.25) is 5.32 Å². The third kappa shape index (κ3) is 3.46. The van der Waals surface area contributed by atoms with Gasteiger partial charge >= 0.3 is 0 Å². The van der Waals surface area contributed by atoms with E-state index in [9.17, 15) is 13.2 Å². The molecule has 1 N–H and O–H groups in total. The van der Waals surface area contributed by atoms with Crippen LogP contribution in [0, 0.1) is 34.7 Å². The summed E-state index contributed by atoms with van der Waals surface area (Å²) < 4.78 is 39.1. The Bertz CT molecular complexity index is 438. The van der Waals surface area contributed by atoms with Gasteiger partial charge in [0, 0.05) is 11.6 Å². The molecule has 5 heteroatoms. The van der Waals surface area contributed by atoms with Crippen LogP contribution in [-0.2, 0) is 0 Å². The molecule has 0 radical (unpaired) electrons. The Morgan fingerprint density at radius 3 is 2.29 bits per heavy atom. The Morgan fingerprint density at radius 1 is 1.18 bits per heavy atom. The number of nitrogens with zero attached hydrogens (tertiary/aromatic N) is 1. The molecule has 0 saturated carbocycles. The number of nitriles is 1. The summed E-state index contributed by atoms with van der Waals surface area (Å²) in [6.45, 7) is 4.32. The molecule has 0 aliphatic rings. The van der Waals surface area contributed by atoms with E-state index in [2.05, 4.69) is 5.32 Å². The van der Waals surface area contributed by atoms with Crippen LogP contribution in [0.3, 0.4) is 0 Å². The molecular formula is C12H13F3N2. The minimum Gasteiger partial charge on any atom is -0.298 e. The Hall–Kier alpha value is -1.54. The lowest BCUT2D eigenvalue weighted by atomic mass is 10.1. The van der Waals surface area contributed by atoms with Gasteiger partial charge in [0.1, 0.15) is 11.9 Å². The van der Waals surface area contributed by atoms with E-state index in [1.165, 1.54) is 0 Å². The zero-order chi connectivity index (χ0) is 13.0. The van der Waals surface area contributed by atoms with Crippen molar-refractivity contribution >= 4 is 0 Å². The average molecular weight is 242 g/mol. The molecule has 1 unspecified atom stereocenters. The summed E-state index contributed by atoms with van der Waals surface area (Å²) in [5, 5.41) is 11.7. The number of hydrogen-bond acceptors (Lipinski definition) is 2. The molecule has 0 amide bonds. The molecule has 0 aliphatic heterocycles. The second-order valence-corrected chi connectivity index (χ2v) is 4.15. The van der Waals surface area contributed by atoms with Crippen molar-refractivity contribution in [1.29, 1.82) is 5.26 Å². The summed E-state index contributed by atoms with van der Waals surface area (Å²) in [5.41, 5.74) is -0.174. The summed E-state index contributed by atoms with van der Waals surface area (Å²) in [4.78, 5) is 0.